The summed E-state index contributed by atoms with van der Waals surface area (Å²) in [6.07, 6.45) is 0. The van der Waals surface area contributed by atoms with E-state index in [2.05, 4.69) is 10.6 Å². The molecule has 3 rings (SSSR count). The number of rotatable bonds is 6. The number of esters is 1. The molecule has 2 heterocycles. The smallest absolute Gasteiger partial charge is 0.338 e. The lowest BCUT2D eigenvalue weighted by atomic mass is 9.94. The summed E-state index contributed by atoms with van der Waals surface area (Å²) in [7, 11) is 1.58. The van der Waals surface area contributed by atoms with Gasteiger partial charge in [-0.15, -0.1) is 0 Å². The lowest BCUT2D eigenvalue weighted by Crippen LogP contribution is -3.15. The van der Waals surface area contributed by atoms with Crippen LogP contribution in [0.15, 0.2) is 35.5 Å². The summed E-state index contributed by atoms with van der Waals surface area (Å²) in [5.41, 5.74) is 1.73. The third kappa shape index (κ3) is 4.91. The Labute approximate surface area is 176 Å². The third-order valence-electron chi connectivity index (χ3n) is 5.44. The molecule has 2 aliphatic heterocycles. The standard InChI is InChI=1S/C21H28N4O5/c1-4-30-20(27)18-17(13-24-9-11-25(12-10-24)14(2)26)22-21(28)23-19(18)15-5-7-16(29-3)8-6-15/h5-8,19H,4,9-13H2,1-3H3,(H2,22,23,28)/p+1/t19-/m1/s1. The van der Waals surface area contributed by atoms with E-state index >= 15 is 0 Å². The molecule has 0 radical (unpaired) electrons. The molecule has 0 bridgehead atoms. The Kier molecular flexibility index (Phi) is 6.94. The summed E-state index contributed by atoms with van der Waals surface area (Å²) < 4.78 is 10.5. The minimum Gasteiger partial charge on any atom is -0.497 e. The van der Waals surface area contributed by atoms with Crippen LogP contribution >= 0.6 is 0 Å². The molecule has 0 unspecified atom stereocenters. The van der Waals surface area contributed by atoms with Crippen molar-refractivity contribution in [1.82, 2.24) is 15.5 Å². The van der Waals surface area contributed by atoms with E-state index < -0.39 is 12.0 Å². The van der Waals surface area contributed by atoms with E-state index in [1.807, 2.05) is 17.0 Å². The molecular formula is C21H29N4O5+. The van der Waals surface area contributed by atoms with Gasteiger partial charge in [-0.3, -0.25) is 4.79 Å². The summed E-state index contributed by atoms with van der Waals surface area (Å²) in [6, 6.07) is 6.25. The van der Waals surface area contributed by atoms with Crippen molar-refractivity contribution in [2.75, 3.05) is 46.4 Å². The Morgan fingerprint density at radius 1 is 1.20 bits per heavy atom. The zero-order valence-corrected chi connectivity index (χ0v) is 17.6. The van der Waals surface area contributed by atoms with Gasteiger partial charge in [-0.2, -0.15) is 0 Å². The Bertz CT molecular complexity index is 828. The largest absolute Gasteiger partial charge is 0.497 e. The van der Waals surface area contributed by atoms with Gasteiger partial charge in [0, 0.05) is 6.92 Å². The summed E-state index contributed by atoms with van der Waals surface area (Å²) >= 11 is 0. The molecule has 1 aromatic carbocycles. The summed E-state index contributed by atoms with van der Waals surface area (Å²) in [5.74, 6) is 0.298. The first-order chi connectivity index (χ1) is 14.4. The van der Waals surface area contributed by atoms with Gasteiger partial charge in [-0.25, -0.2) is 9.59 Å². The summed E-state index contributed by atoms with van der Waals surface area (Å²) in [6.45, 7) is 6.83. The number of nitrogens with zero attached hydrogens (tertiary/aromatic N) is 1. The molecule has 3 N–H and O–H groups in total. The van der Waals surface area contributed by atoms with Crippen LogP contribution in [0.2, 0.25) is 0 Å². The summed E-state index contributed by atoms with van der Waals surface area (Å²) in [4.78, 5) is 39.8. The van der Waals surface area contributed by atoms with Gasteiger partial charge in [0.15, 0.2) is 0 Å². The van der Waals surface area contributed by atoms with Crippen LogP contribution in [0.3, 0.4) is 0 Å². The number of amides is 3. The maximum absolute atomic E-state index is 12.8. The quantitative estimate of drug-likeness (QED) is 0.548. The lowest BCUT2D eigenvalue weighted by Gasteiger charge is -2.34. The number of nitrogens with one attached hydrogen (secondary N) is 3. The van der Waals surface area contributed by atoms with Crippen LogP contribution in [0.1, 0.15) is 25.5 Å². The van der Waals surface area contributed by atoms with E-state index in [0.717, 1.165) is 18.7 Å². The second kappa shape index (κ2) is 9.62. The topological polar surface area (TPSA) is 101 Å². The van der Waals surface area contributed by atoms with Crippen molar-refractivity contribution in [3.63, 3.8) is 0 Å². The SMILES string of the molecule is CCOC(=O)C1=C(C[NH+]2CCN(C(C)=O)CC2)NC(=O)N[C@@H]1c1ccc(OC)cc1. The average Bonchev–Trinajstić information content (AvgIpc) is 2.74. The Hall–Kier alpha value is -3.07. The van der Waals surface area contributed by atoms with E-state index in [0.29, 0.717) is 36.7 Å². The molecule has 3 amide bonds. The maximum atomic E-state index is 12.8. The van der Waals surface area contributed by atoms with Gasteiger partial charge in [0.05, 0.1) is 57.2 Å². The van der Waals surface area contributed by atoms with Gasteiger partial charge in [-0.05, 0) is 24.6 Å². The molecule has 2 aliphatic rings. The Balaban J connectivity index is 1.89. The molecule has 0 aliphatic carbocycles. The fraction of sp³-hybridized carbons (Fsp3) is 0.476. The fourth-order valence-electron chi connectivity index (χ4n) is 3.82. The monoisotopic (exact) mass is 417 g/mol. The van der Waals surface area contributed by atoms with E-state index in [-0.39, 0.29) is 18.5 Å². The molecule has 162 valence electrons. The first-order valence-electron chi connectivity index (χ1n) is 10.1. The number of piperazine rings is 1. The van der Waals surface area contributed by atoms with Crippen molar-refractivity contribution in [1.29, 1.82) is 0 Å². The number of carbonyl (C=O) groups is 3. The molecule has 0 saturated carbocycles. The molecule has 9 heteroatoms. The number of benzene rings is 1. The van der Waals surface area contributed by atoms with Crippen molar-refractivity contribution < 1.29 is 28.8 Å². The van der Waals surface area contributed by atoms with Crippen molar-refractivity contribution in [2.45, 2.75) is 19.9 Å². The third-order valence-corrected chi connectivity index (χ3v) is 5.44. The van der Waals surface area contributed by atoms with Crippen LogP contribution in [-0.2, 0) is 14.3 Å². The van der Waals surface area contributed by atoms with Gasteiger partial charge in [-0.1, -0.05) is 12.1 Å². The minimum atomic E-state index is -0.614. The van der Waals surface area contributed by atoms with Crippen LogP contribution in [0, 0.1) is 0 Å². The lowest BCUT2D eigenvalue weighted by molar-refractivity contribution is -0.899. The second-order valence-corrected chi connectivity index (χ2v) is 7.35. The number of carbonyl (C=O) groups excluding carboxylic acids is 3. The van der Waals surface area contributed by atoms with E-state index in [9.17, 15) is 14.4 Å². The number of ether oxygens (including phenoxy) is 2. The van der Waals surface area contributed by atoms with Crippen molar-refractivity contribution in [2.24, 2.45) is 0 Å². The van der Waals surface area contributed by atoms with Crippen LogP contribution < -0.4 is 20.3 Å². The molecule has 9 nitrogen and oxygen atoms in total. The van der Waals surface area contributed by atoms with Crippen molar-refractivity contribution >= 4 is 17.9 Å². The highest BCUT2D eigenvalue weighted by Gasteiger charge is 2.36. The van der Waals surface area contributed by atoms with Gasteiger partial charge in [0.25, 0.3) is 0 Å². The number of urea groups is 1. The van der Waals surface area contributed by atoms with Crippen molar-refractivity contribution in [3.05, 3.63) is 41.1 Å². The molecule has 1 fully saturated rings. The molecule has 30 heavy (non-hydrogen) atoms. The van der Waals surface area contributed by atoms with Crippen molar-refractivity contribution in [3.8, 4) is 5.75 Å². The molecule has 1 atom stereocenters. The van der Waals surface area contributed by atoms with E-state index in [1.165, 1.54) is 4.90 Å². The normalized spacial score (nSPS) is 19.8. The molecule has 0 spiro atoms. The number of quaternary nitrogens is 1. The highest BCUT2D eigenvalue weighted by atomic mass is 16.5. The highest BCUT2D eigenvalue weighted by molar-refractivity contribution is 5.95. The number of hydrogen-bond donors (Lipinski definition) is 3. The van der Waals surface area contributed by atoms with Crippen LogP contribution in [0.25, 0.3) is 0 Å². The highest BCUT2D eigenvalue weighted by Crippen LogP contribution is 2.28. The molecule has 1 saturated heterocycles. The molecule has 0 aromatic heterocycles. The summed E-state index contributed by atoms with van der Waals surface area (Å²) in [5, 5.41) is 5.65. The molecule has 1 aromatic rings. The Morgan fingerprint density at radius 2 is 1.87 bits per heavy atom. The Morgan fingerprint density at radius 3 is 2.43 bits per heavy atom. The van der Waals surface area contributed by atoms with Crippen LogP contribution in [0.5, 0.6) is 5.75 Å². The van der Waals surface area contributed by atoms with Gasteiger partial charge in [0.2, 0.25) is 5.91 Å². The van der Waals surface area contributed by atoms with E-state index in [4.69, 9.17) is 9.47 Å². The first kappa shape index (κ1) is 21.6. The zero-order valence-electron chi connectivity index (χ0n) is 17.6. The maximum Gasteiger partial charge on any atom is 0.338 e. The minimum absolute atomic E-state index is 0.0650. The average molecular weight is 417 g/mol. The van der Waals surface area contributed by atoms with Gasteiger partial charge >= 0.3 is 12.0 Å². The predicted molar refractivity (Wildman–Crippen MR) is 109 cm³/mol. The zero-order chi connectivity index (χ0) is 21.7. The van der Waals surface area contributed by atoms with Gasteiger partial charge < -0.3 is 29.9 Å². The van der Waals surface area contributed by atoms with Crippen LogP contribution in [0.4, 0.5) is 4.79 Å². The van der Waals surface area contributed by atoms with Gasteiger partial charge in [0.1, 0.15) is 12.3 Å². The molecular weight excluding hydrogens is 388 g/mol. The number of methoxy groups -OCH3 is 1. The van der Waals surface area contributed by atoms with Crippen LogP contribution in [-0.4, -0.2) is 69.2 Å². The van der Waals surface area contributed by atoms with E-state index in [1.54, 1.807) is 33.1 Å². The second-order valence-electron chi connectivity index (χ2n) is 7.35. The predicted octanol–water partition coefficient (Wildman–Crippen LogP) is -0.387. The number of hydrogen-bond acceptors (Lipinski definition) is 5. The first-order valence-corrected chi connectivity index (χ1v) is 10.1. The fourth-order valence-corrected chi connectivity index (χ4v) is 3.82.